The summed E-state index contributed by atoms with van der Waals surface area (Å²) in [5, 5.41) is 11.5. The molecule has 0 aromatic heterocycles. The van der Waals surface area contributed by atoms with Gasteiger partial charge in [-0.2, -0.15) is 0 Å². The quantitative estimate of drug-likeness (QED) is 0.357. The lowest BCUT2D eigenvalue weighted by atomic mass is 10.1. The zero-order valence-electron chi connectivity index (χ0n) is 13.6. The lowest BCUT2D eigenvalue weighted by Gasteiger charge is -2.22. The van der Waals surface area contributed by atoms with Gasteiger partial charge >= 0.3 is 5.97 Å². The van der Waals surface area contributed by atoms with Crippen molar-refractivity contribution >= 4 is 34.2 Å². The molecule has 1 aliphatic heterocycles. The molecule has 7 nitrogen and oxygen atoms in total. The van der Waals surface area contributed by atoms with E-state index in [-0.39, 0.29) is 10.9 Å². The maximum absolute atomic E-state index is 11.9. The summed E-state index contributed by atoms with van der Waals surface area (Å²) in [4.78, 5) is 24.0. The average molecular weight is 352 g/mol. The van der Waals surface area contributed by atoms with E-state index < -0.39 is 21.7 Å². The van der Waals surface area contributed by atoms with E-state index in [1.165, 1.54) is 25.3 Å². The Labute approximate surface area is 142 Å². The van der Waals surface area contributed by atoms with Gasteiger partial charge in [0.25, 0.3) is 5.69 Å². The summed E-state index contributed by atoms with van der Waals surface area (Å²) in [5.74, 6) is -0.0202. The highest BCUT2D eigenvalue weighted by atomic mass is 32.2. The fraction of sp³-hybridized carbons (Fsp3) is 0.438. The first-order valence-corrected chi connectivity index (χ1v) is 8.97. The van der Waals surface area contributed by atoms with Crippen LogP contribution in [-0.2, 0) is 20.3 Å². The summed E-state index contributed by atoms with van der Waals surface area (Å²) in [6.07, 6.45) is 3.42. The van der Waals surface area contributed by atoms with Crippen LogP contribution in [-0.4, -0.2) is 46.3 Å². The number of ether oxygens (including phenoxy) is 1. The van der Waals surface area contributed by atoms with Crippen molar-refractivity contribution in [2.75, 3.05) is 30.9 Å². The molecule has 0 aliphatic carbocycles. The highest BCUT2D eigenvalue weighted by Gasteiger charge is 2.24. The third kappa shape index (κ3) is 4.41. The Morgan fingerprint density at radius 1 is 1.46 bits per heavy atom. The van der Waals surface area contributed by atoms with Gasteiger partial charge in [0, 0.05) is 47.0 Å². The van der Waals surface area contributed by atoms with E-state index in [0.717, 1.165) is 6.42 Å². The number of rotatable bonds is 4. The molecule has 0 amide bonds. The van der Waals surface area contributed by atoms with Gasteiger partial charge in [-0.1, -0.05) is 13.0 Å². The molecule has 1 fully saturated rings. The monoisotopic (exact) mass is 352 g/mol. The van der Waals surface area contributed by atoms with Crippen molar-refractivity contribution in [1.29, 1.82) is 0 Å². The first-order valence-electron chi connectivity index (χ1n) is 7.59. The summed E-state index contributed by atoms with van der Waals surface area (Å²) in [5.41, 5.74) is 1.03. The van der Waals surface area contributed by atoms with Crippen molar-refractivity contribution in [3.8, 4) is 0 Å². The molecule has 2 rings (SSSR count). The zero-order valence-corrected chi connectivity index (χ0v) is 14.5. The van der Waals surface area contributed by atoms with Crippen molar-refractivity contribution in [2.24, 2.45) is 0 Å². The molecule has 1 aromatic carbocycles. The molecule has 0 radical (unpaired) electrons. The molecule has 0 saturated carbocycles. The Balaban J connectivity index is 2.30. The van der Waals surface area contributed by atoms with Gasteiger partial charge in [0.2, 0.25) is 0 Å². The molecule has 8 heteroatoms. The number of hydrogen-bond acceptors (Lipinski definition) is 6. The minimum atomic E-state index is -0.902. The highest BCUT2D eigenvalue weighted by Crippen LogP contribution is 2.31. The van der Waals surface area contributed by atoms with E-state index in [1.54, 1.807) is 12.1 Å². The van der Waals surface area contributed by atoms with Gasteiger partial charge in [0.15, 0.2) is 0 Å². The number of carbonyl (C=O) groups is 1. The molecule has 0 N–H and O–H groups in total. The molecule has 2 unspecified atom stereocenters. The van der Waals surface area contributed by atoms with E-state index in [2.05, 4.69) is 4.74 Å². The van der Waals surface area contributed by atoms with Crippen LogP contribution in [0.1, 0.15) is 18.9 Å². The highest BCUT2D eigenvalue weighted by molar-refractivity contribution is 7.85. The lowest BCUT2D eigenvalue weighted by Crippen LogP contribution is -2.26. The summed E-state index contributed by atoms with van der Waals surface area (Å²) < 4.78 is 16.4. The van der Waals surface area contributed by atoms with E-state index in [1.807, 2.05) is 11.8 Å². The molecular weight excluding hydrogens is 332 g/mol. The van der Waals surface area contributed by atoms with Crippen molar-refractivity contribution < 1.29 is 18.7 Å². The minimum Gasteiger partial charge on any atom is -0.466 e. The van der Waals surface area contributed by atoms with Crippen LogP contribution in [0, 0.1) is 10.1 Å². The predicted molar refractivity (Wildman–Crippen MR) is 93.4 cm³/mol. The zero-order chi connectivity index (χ0) is 17.7. The van der Waals surface area contributed by atoms with Gasteiger partial charge in [-0.25, -0.2) is 4.79 Å². The number of nitrogens with zero attached hydrogens (tertiary/aromatic N) is 2. The van der Waals surface area contributed by atoms with Crippen LogP contribution < -0.4 is 4.90 Å². The SMILES string of the molecule is COC(=O)/C=C/c1ccc(N2CCC(C)S(=O)CC2)c([N+](=O)[O-])c1. The largest absolute Gasteiger partial charge is 0.466 e. The van der Waals surface area contributed by atoms with Crippen LogP contribution in [0.2, 0.25) is 0 Å². The smallest absolute Gasteiger partial charge is 0.330 e. The third-order valence-electron chi connectivity index (χ3n) is 3.97. The molecule has 24 heavy (non-hydrogen) atoms. The number of carbonyl (C=O) groups excluding carboxylic acids is 1. The Bertz CT molecular complexity index is 689. The first kappa shape index (κ1) is 18.1. The van der Waals surface area contributed by atoms with Gasteiger partial charge in [0.05, 0.1) is 12.0 Å². The molecule has 130 valence electrons. The van der Waals surface area contributed by atoms with Crippen LogP contribution in [0.25, 0.3) is 6.08 Å². The minimum absolute atomic E-state index is 0.0256. The second-order valence-corrected chi connectivity index (χ2v) is 7.51. The van der Waals surface area contributed by atoms with Crippen molar-refractivity contribution in [3.63, 3.8) is 0 Å². The standard InChI is InChI=1S/C16H20N2O5S/c1-12-7-8-17(9-10-24(12)22)14-5-3-13(4-6-16(19)23-2)11-15(14)18(20)21/h3-6,11-12H,7-10H2,1-2H3/b6-4+. The number of anilines is 1. The van der Waals surface area contributed by atoms with Crippen LogP contribution >= 0.6 is 0 Å². The van der Waals surface area contributed by atoms with Crippen LogP contribution in [0.4, 0.5) is 11.4 Å². The topological polar surface area (TPSA) is 89.8 Å². The molecular formula is C16H20N2O5S. The second kappa shape index (κ2) is 8.05. The Kier molecular flexibility index (Phi) is 6.08. The molecule has 0 spiro atoms. The molecule has 1 saturated heterocycles. The van der Waals surface area contributed by atoms with Crippen molar-refractivity contribution in [1.82, 2.24) is 0 Å². The summed E-state index contributed by atoms with van der Waals surface area (Å²) in [6, 6.07) is 4.82. The van der Waals surface area contributed by atoms with Gasteiger partial charge in [-0.05, 0) is 24.1 Å². The summed E-state index contributed by atoms with van der Waals surface area (Å²) in [6.45, 7) is 3.09. The lowest BCUT2D eigenvalue weighted by molar-refractivity contribution is -0.384. The van der Waals surface area contributed by atoms with Gasteiger partial charge in [0.1, 0.15) is 5.69 Å². The normalized spacial score (nSPS) is 21.5. The number of methoxy groups -OCH3 is 1. The van der Waals surface area contributed by atoms with Crippen LogP contribution in [0.5, 0.6) is 0 Å². The van der Waals surface area contributed by atoms with E-state index in [4.69, 9.17) is 0 Å². The molecule has 1 aromatic rings. The maximum Gasteiger partial charge on any atom is 0.330 e. The summed E-state index contributed by atoms with van der Waals surface area (Å²) >= 11 is 0. The Morgan fingerprint density at radius 3 is 2.88 bits per heavy atom. The Hall–Kier alpha value is -2.22. The van der Waals surface area contributed by atoms with Gasteiger partial charge in [-0.15, -0.1) is 0 Å². The average Bonchev–Trinajstić information content (AvgIpc) is 2.74. The number of nitro groups is 1. The van der Waals surface area contributed by atoms with Crippen LogP contribution in [0.3, 0.4) is 0 Å². The van der Waals surface area contributed by atoms with Crippen molar-refractivity contribution in [3.05, 3.63) is 40.0 Å². The Morgan fingerprint density at radius 2 is 2.21 bits per heavy atom. The number of hydrogen-bond donors (Lipinski definition) is 0. The maximum atomic E-state index is 11.9. The fourth-order valence-corrected chi connectivity index (χ4v) is 3.68. The number of benzene rings is 1. The first-order chi connectivity index (χ1) is 11.4. The van der Waals surface area contributed by atoms with E-state index >= 15 is 0 Å². The number of nitro benzene ring substituents is 1. The predicted octanol–water partition coefficient (Wildman–Crippen LogP) is 2.13. The fourth-order valence-electron chi connectivity index (χ4n) is 2.51. The van der Waals surface area contributed by atoms with Gasteiger partial charge < -0.3 is 9.64 Å². The molecule has 1 aliphatic rings. The van der Waals surface area contributed by atoms with Crippen LogP contribution in [0.15, 0.2) is 24.3 Å². The molecule has 0 bridgehead atoms. The third-order valence-corrected chi connectivity index (χ3v) is 5.68. The summed E-state index contributed by atoms with van der Waals surface area (Å²) in [7, 11) is 0.364. The van der Waals surface area contributed by atoms with E-state index in [0.29, 0.717) is 30.1 Å². The van der Waals surface area contributed by atoms with E-state index in [9.17, 15) is 19.1 Å². The van der Waals surface area contributed by atoms with Gasteiger partial charge in [-0.3, -0.25) is 14.3 Å². The number of esters is 1. The second-order valence-electron chi connectivity index (χ2n) is 5.53. The van der Waals surface area contributed by atoms with Crippen molar-refractivity contribution in [2.45, 2.75) is 18.6 Å². The molecule has 1 heterocycles. The molecule has 2 atom stereocenters.